The van der Waals surface area contributed by atoms with Crippen molar-refractivity contribution in [2.45, 2.75) is 19.8 Å². The molecule has 0 fully saturated rings. The standard InChI is InChI=1S/C20H25NO3S/c1-2-23-19-13-7-6-12-18(19)21-20(22)16-25-15-9-8-14-24-17-10-4-3-5-11-17/h3-7,10-13H,2,8-9,14-16H2,1H3,(H,21,22). The fraction of sp³-hybridized carbons (Fsp3) is 0.350. The SMILES string of the molecule is CCOc1ccccc1NC(=O)CSCCCCOc1ccccc1. The Labute approximate surface area is 153 Å². The van der Waals surface area contributed by atoms with Crippen molar-refractivity contribution in [3.63, 3.8) is 0 Å². The van der Waals surface area contributed by atoms with E-state index in [0.717, 1.165) is 30.0 Å². The number of benzene rings is 2. The molecular weight excluding hydrogens is 334 g/mol. The fourth-order valence-corrected chi connectivity index (χ4v) is 3.03. The minimum Gasteiger partial charge on any atom is -0.494 e. The van der Waals surface area contributed by atoms with E-state index < -0.39 is 0 Å². The maximum atomic E-state index is 12.0. The van der Waals surface area contributed by atoms with Crippen LogP contribution in [0.3, 0.4) is 0 Å². The topological polar surface area (TPSA) is 47.6 Å². The third-order valence-electron chi connectivity index (χ3n) is 3.39. The van der Waals surface area contributed by atoms with E-state index in [-0.39, 0.29) is 5.91 Å². The lowest BCUT2D eigenvalue weighted by molar-refractivity contribution is -0.113. The van der Waals surface area contributed by atoms with Gasteiger partial charge in [0.05, 0.1) is 24.7 Å². The quantitative estimate of drug-likeness (QED) is 0.595. The van der Waals surface area contributed by atoms with Gasteiger partial charge in [0.2, 0.25) is 5.91 Å². The van der Waals surface area contributed by atoms with E-state index in [1.807, 2.05) is 61.5 Å². The van der Waals surface area contributed by atoms with Crippen LogP contribution < -0.4 is 14.8 Å². The number of para-hydroxylation sites is 3. The average Bonchev–Trinajstić information content (AvgIpc) is 2.63. The molecule has 0 saturated heterocycles. The summed E-state index contributed by atoms with van der Waals surface area (Å²) < 4.78 is 11.2. The Morgan fingerprint density at radius 3 is 2.56 bits per heavy atom. The van der Waals surface area contributed by atoms with Gasteiger partial charge in [0.25, 0.3) is 0 Å². The first-order chi connectivity index (χ1) is 12.3. The van der Waals surface area contributed by atoms with Crippen molar-refractivity contribution in [2.24, 2.45) is 0 Å². The molecule has 0 saturated carbocycles. The molecule has 2 rings (SSSR count). The van der Waals surface area contributed by atoms with Crippen LogP contribution in [0.5, 0.6) is 11.5 Å². The highest BCUT2D eigenvalue weighted by Gasteiger charge is 2.07. The molecule has 0 aliphatic rings. The number of carbonyl (C=O) groups excluding carboxylic acids is 1. The van der Waals surface area contributed by atoms with Gasteiger partial charge in [-0.15, -0.1) is 0 Å². The maximum Gasteiger partial charge on any atom is 0.234 e. The van der Waals surface area contributed by atoms with Gasteiger partial charge in [0.15, 0.2) is 0 Å². The first-order valence-corrected chi connectivity index (χ1v) is 9.72. The minimum absolute atomic E-state index is 0.00214. The summed E-state index contributed by atoms with van der Waals surface area (Å²) >= 11 is 1.64. The number of hydrogen-bond acceptors (Lipinski definition) is 4. The van der Waals surface area contributed by atoms with Gasteiger partial charge in [-0.25, -0.2) is 0 Å². The third kappa shape index (κ3) is 7.52. The minimum atomic E-state index is -0.00214. The molecule has 0 spiro atoms. The lowest BCUT2D eigenvalue weighted by Gasteiger charge is -2.11. The van der Waals surface area contributed by atoms with Crippen LogP contribution in [0.25, 0.3) is 0 Å². The molecule has 2 aromatic carbocycles. The van der Waals surface area contributed by atoms with Gasteiger partial charge in [-0.3, -0.25) is 4.79 Å². The number of amides is 1. The number of anilines is 1. The molecule has 25 heavy (non-hydrogen) atoms. The van der Waals surface area contributed by atoms with Gasteiger partial charge in [-0.1, -0.05) is 30.3 Å². The number of unbranched alkanes of at least 4 members (excludes halogenated alkanes) is 1. The summed E-state index contributed by atoms with van der Waals surface area (Å²) in [6.45, 7) is 3.21. The van der Waals surface area contributed by atoms with E-state index in [1.54, 1.807) is 11.8 Å². The molecule has 0 aromatic heterocycles. The van der Waals surface area contributed by atoms with Crippen LogP contribution in [0.4, 0.5) is 5.69 Å². The normalized spacial score (nSPS) is 10.3. The molecule has 0 heterocycles. The summed E-state index contributed by atoms with van der Waals surface area (Å²) in [5, 5.41) is 2.91. The fourth-order valence-electron chi connectivity index (χ4n) is 2.22. The summed E-state index contributed by atoms with van der Waals surface area (Å²) in [4.78, 5) is 12.0. The van der Waals surface area contributed by atoms with Crippen molar-refractivity contribution >= 4 is 23.4 Å². The van der Waals surface area contributed by atoms with Crippen LogP contribution in [0, 0.1) is 0 Å². The molecule has 4 nitrogen and oxygen atoms in total. The van der Waals surface area contributed by atoms with Gasteiger partial charge >= 0.3 is 0 Å². The zero-order chi connectivity index (χ0) is 17.7. The molecule has 0 radical (unpaired) electrons. The van der Waals surface area contributed by atoms with Crippen molar-refractivity contribution < 1.29 is 14.3 Å². The summed E-state index contributed by atoms with van der Waals surface area (Å²) in [7, 11) is 0. The van der Waals surface area contributed by atoms with E-state index in [0.29, 0.717) is 24.7 Å². The Balaban J connectivity index is 1.57. The molecule has 134 valence electrons. The Kier molecular flexibility index (Phi) is 8.77. The molecule has 0 unspecified atom stereocenters. The maximum absolute atomic E-state index is 12.0. The van der Waals surface area contributed by atoms with Crippen molar-refractivity contribution in [1.29, 1.82) is 0 Å². The van der Waals surface area contributed by atoms with E-state index in [4.69, 9.17) is 9.47 Å². The Morgan fingerprint density at radius 1 is 1.00 bits per heavy atom. The number of nitrogens with one attached hydrogen (secondary N) is 1. The van der Waals surface area contributed by atoms with Crippen molar-refractivity contribution in [2.75, 3.05) is 30.0 Å². The summed E-state index contributed by atoms with van der Waals surface area (Å²) in [5.74, 6) is 3.00. The zero-order valence-corrected chi connectivity index (χ0v) is 15.4. The molecule has 0 bridgehead atoms. The summed E-state index contributed by atoms with van der Waals surface area (Å²) in [6, 6.07) is 17.3. The van der Waals surface area contributed by atoms with Crippen molar-refractivity contribution in [3.05, 3.63) is 54.6 Å². The number of ether oxygens (including phenoxy) is 2. The first-order valence-electron chi connectivity index (χ1n) is 8.57. The van der Waals surface area contributed by atoms with Crippen molar-refractivity contribution in [1.82, 2.24) is 0 Å². The van der Waals surface area contributed by atoms with Crippen molar-refractivity contribution in [3.8, 4) is 11.5 Å². The van der Waals surface area contributed by atoms with Crippen LogP contribution in [0.1, 0.15) is 19.8 Å². The largest absolute Gasteiger partial charge is 0.494 e. The van der Waals surface area contributed by atoms with Crippen LogP contribution in [-0.4, -0.2) is 30.6 Å². The highest BCUT2D eigenvalue weighted by atomic mass is 32.2. The lowest BCUT2D eigenvalue weighted by Crippen LogP contribution is -2.15. The number of carbonyl (C=O) groups is 1. The smallest absolute Gasteiger partial charge is 0.234 e. The molecule has 1 amide bonds. The second-order valence-corrected chi connectivity index (χ2v) is 6.50. The van der Waals surface area contributed by atoms with Gasteiger partial charge in [-0.05, 0) is 49.8 Å². The third-order valence-corrected chi connectivity index (χ3v) is 4.43. The molecule has 0 aliphatic heterocycles. The highest BCUT2D eigenvalue weighted by molar-refractivity contribution is 7.99. The lowest BCUT2D eigenvalue weighted by atomic mass is 10.3. The number of hydrogen-bond donors (Lipinski definition) is 1. The molecular formula is C20H25NO3S. The highest BCUT2D eigenvalue weighted by Crippen LogP contribution is 2.23. The summed E-state index contributed by atoms with van der Waals surface area (Å²) in [6.07, 6.45) is 2.01. The monoisotopic (exact) mass is 359 g/mol. The van der Waals surface area contributed by atoms with Gasteiger partial charge < -0.3 is 14.8 Å². The van der Waals surface area contributed by atoms with E-state index in [1.165, 1.54) is 0 Å². The van der Waals surface area contributed by atoms with Gasteiger partial charge in [0.1, 0.15) is 11.5 Å². The van der Waals surface area contributed by atoms with Gasteiger partial charge in [0, 0.05) is 0 Å². The Hall–Kier alpha value is -2.14. The molecule has 1 N–H and O–H groups in total. The van der Waals surface area contributed by atoms with E-state index in [9.17, 15) is 4.79 Å². The van der Waals surface area contributed by atoms with Crippen LogP contribution >= 0.6 is 11.8 Å². The average molecular weight is 359 g/mol. The molecule has 0 atom stereocenters. The second-order valence-electron chi connectivity index (χ2n) is 5.40. The molecule has 2 aromatic rings. The number of thioether (sulfide) groups is 1. The first kappa shape index (κ1) is 19.2. The predicted molar refractivity (Wildman–Crippen MR) is 105 cm³/mol. The van der Waals surface area contributed by atoms with E-state index in [2.05, 4.69) is 5.32 Å². The second kappa shape index (κ2) is 11.4. The van der Waals surface area contributed by atoms with Gasteiger partial charge in [-0.2, -0.15) is 11.8 Å². The molecule has 0 aliphatic carbocycles. The van der Waals surface area contributed by atoms with E-state index >= 15 is 0 Å². The number of rotatable bonds is 11. The Bertz CT molecular complexity index is 634. The summed E-state index contributed by atoms with van der Waals surface area (Å²) in [5.41, 5.74) is 0.728. The van der Waals surface area contributed by atoms with Crippen LogP contribution in [0.2, 0.25) is 0 Å². The predicted octanol–water partition coefficient (Wildman–Crippen LogP) is 4.62. The zero-order valence-electron chi connectivity index (χ0n) is 14.6. The Morgan fingerprint density at radius 2 is 1.76 bits per heavy atom. The van der Waals surface area contributed by atoms with Crippen LogP contribution in [0.15, 0.2) is 54.6 Å². The molecule has 5 heteroatoms. The van der Waals surface area contributed by atoms with Crippen LogP contribution in [-0.2, 0) is 4.79 Å².